The van der Waals surface area contributed by atoms with Crippen molar-refractivity contribution in [3.63, 3.8) is 0 Å². The van der Waals surface area contributed by atoms with Gasteiger partial charge in [0.2, 0.25) is 0 Å². The maximum Gasteiger partial charge on any atom is 0.134 e. The van der Waals surface area contributed by atoms with Crippen LogP contribution in [0.1, 0.15) is 18.1 Å². The number of aliphatic hydroxyl groups excluding tert-OH is 2. The van der Waals surface area contributed by atoms with E-state index in [1.54, 1.807) is 0 Å². The van der Waals surface area contributed by atoms with Crippen molar-refractivity contribution in [3.8, 4) is 0 Å². The average molecular weight is 285 g/mol. The molecular formula is C12H13BrO3. The largest absolute Gasteiger partial charge is 0.464 e. The minimum Gasteiger partial charge on any atom is -0.464 e. The minimum atomic E-state index is -0.902. The lowest BCUT2D eigenvalue weighted by atomic mass is 10.0. The average Bonchev–Trinajstić information content (AvgIpc) is 2.72. The van der Waals surface area contributed by atoms with Gasteiger partial charge in [0, 0.05) is 16.3 Å². The summed E-state index contributed by atoms with van der Waals surface area (Å²) < 4.78 is 5.32. The van der Waals surface area contributed by atoms with Crippen LogP contribution in [0.25, 0.3) is 11.0 Å². The summed E-state index contributed by atoms with van der Waals surface area (Å²) in [6, 6.07) is 7.46. The number of alkyl halides is 1. The third kappa shape index (κ3) is 2.14. The van der Waals surface area contributed by atoms with Gasteiger partial charge in [-0.25, -0.2) is 0 Å². The van der Waals surface area contributed by atoms with Gasteiger partial charge in [0.1, 0.15) is 11.7 Å². The first-order valence-electron chi connectivity index (χ1n) is 5.12. The molecule has 2 unspecified atom stereocenters. The summed E-state index contributed by atoms with van der Waals surface area (Å²) in [6.45, 7) is 0. The van der Waals surface area contributed by atoms with Crippen LogP contribution in [-0.4, -0.2) is 21.6 Å². The zero-order valence-electron chi connectivity index (χ0n) is 8.64. The van der Waals surface area contributed by atoms with Gasteiger partial charge in [0.25, 0.3) is 0 Å². The third-order valence-electron chi connectivity index (χ3n) is 2.60. The van der Waals surface area contributed by atoms with E-state index >= 15 is 0 Å². The van der Waals surface area contributed by atoms with Gasteiger partial charge in [-0.1, -0.05) is 34.1 Å². The summed E-state index contributed by atoms with van der Waals surface area (Å²) >= 11 is 3.24. The van der Waals surface area contributed by atoms with E-state index in [9.17, 15) is 10.2 Å². The van der Waals surface area contributed by atoms with Crippen molar-refractivity contribution >= 4 is 26.9 Å². The third-order valence-corrected chi connectivity index (χ3v) is 3.06. The first-order valence-corrected chi connectivity index (χ1v) is 6.24. The zero-order chi connectivity index (χ0) is 11.5. The van der Waals surface area contributed by atoms with Crippen LogP contribution in [0.3, 0.4) is 0 Å². The van der Waals surface area contributed by atoms with Gasteiger partial charge in [0.05, 0.1) is 12.4 Å². The molecule has 2 rings (SSSR count). The van der Waals surface area contributed by atoms with Crippen molar-refractivity contribution in [1.82, 2.24) is 0 Å². The Bertz CT molecular complexity index is 466. The van der Waals surface area contributed by atoms with Crippen LogP contribution in [0.4, 0.5) is 0 Å². The molecule has 4 heteroatoms. The molecule has 86 valence electrons. The highest BCUT2D eigenvalue weighted by Crippen LogP contribution is 2.29. The molecule has 0 spiro atoms. The van der Waals surface area contributed by atoms with E-state index in [1.807, 2.05) is 24.3 Å². The molecule has 0 aliphatic carbocycles. The van der Waals surface area contributed by atoms with Gasteiger partial charge in [-0.05, 0) is 12.5 Å². The highest BCUT2D eigenvalue weighted by Gasteiger charge is 2.21. The number of rotatable bonds is 4. The molecule has 16 heavy (non-hydrogen) atoms. The molecule has 2 aromatic rings. The van der Waals surface area contributed by atoms with Crippen molar-refractivity contribution in [2.75, 3.05) is 5.33 Å². The molecule has 3 nitrogen and oxygen atoms in total. The Morgan fingerprint density at radius 1 is 1.25 bits per heavy atom. The van der Waals surface area contributed by atoms with Crippen LogP contribution in [0, 0.1) is 0 Å². The van der Waals surface area contributed by atoms with E-state index < -0.39 is 12.2 Å². The molecule has 0 aliphatic heterocycles. The monoisotopic (exact) mass is 284 g/mol. The fourth-order valence-electron chi connectivity index (χ4n) is 1.70. The highest BCUT2D eigenvalue weighted by molar-refractivity contribution is 9.09. The van der Waals surface area contributed by atoms with E-state index in [-0.39, 0.29) is 0 Å². The second-order valence-electron chi connectivity index (χ2n) is 3.68. The van der Waals surface area contributed by atoms with Crippen LogP contribution in [0.5, 0.6) is 0 Å². The van der Waals surface area contributed by atoms with E-state index in [0.717, 1.165) is 11.0 Å². The number of para-hydroxylation sites is 1. The second-order valence-corrected chi connectivity index (χ2v) is 4.47. The molecule has 0 saturated carbocycles. The number of benzene rings is 1. The molecule has 1 aromatic carbocycles. The van der Waals surface area contributed by atoms with Crippen molar-refractivity contribution < 1.29 is 14.6 Å². The lowest BCUT2D eigenvalue weighted by molar-refractivity contribution is 0.0177. The Morgan fingerprint density at radius 3 is 2.75 bits per heavy atom. The number of fused-ring (bicyclic) bond motifs is 1. The Kier molecular flexibility index (Phi) is 3.63. The SMILES string of the molecule is OC(CCBr)C(O)c1coc2ccccc12. The molecular weight excluding hydrogens is 272 g/mol. The number of furan rings is 1. The molecule has 2 N–H and O–H groups in total. The molecule has 2 atom stereocenters. The van der Waals surface area contributed by atoms with Crippen LogP contribution in [0.15, 0.2) is 34.9 Å². The van der Waals surface area contributed by atoms with Gasteiger partial charge >= 0.3 is 0 Å². The molecule has 0 bridgehead atoms. The lowest BCUT2D eigenvalue weighted by Crippen LogP contribution is -2.18. The van der Waals surface area contributed by atoms with Crippen LogP contribution >= 0.6 is 15.9 Å². The van der Waals surface area contributed by atoms with Gasteiger partial charge < -0.3 is 14.6 Å². The molecule has 1 aromatic heterocycles. The van der Waals surface area contributed by atoms with Crippen molar-refractivity contribution in [1.29, 1.82) is 0 Å². The molecule has 0 fully saturated rings. The molecule has 0 amide bonds. The first kappa shape index (κ1) is 11.6. The van der Waals surface area contributed by atoms with E-state index in [0.29, 0.717) is 17.3 Å². The van der Waals surface area contributed by atoms with Gasteiger partial charge in [-0.15, -0.1) is 0 Å². The summed E-state index contributed by atoms with van der Waals surface area (Å²) in [7, 11) is 0. The highest BCUT2D eigenvalue weighted by atomic mass is 79.9. The van der Waals surface area contributed by atoms with E-state index in [4.69, 9.17) is 4.42 Å². The smallest absolute Gasteiger partial charge is 0.134 e. The van der Waals surface area contributed by atoms with Crippen LogP contribution < -0.4 is 0 Å². The molecule has 0 aliphatic rings. The Hall–Kier alpha value is -0.840. The maximum atomic E-state index is 9.98. The zero-order valence-corrected chi connectivity index (χ0v) is 10.2. The summed E-state index contributed by atoms with van der Waals surface area (Å²) in [5, 5.41) is 21.2. The van der Waals surface area contributed by atoms with Crippen molar-refractivity contribution in [3.05, 3.63) is 36.1 Å². The fourth-order valence-corrected chi connectivity index (χ4v) is 2.17. The predicted molar refractivity (Wildman–Crippen MR) is 65.6 cm³/mol. The minimum absolute atomic E-state index is 0.501. The van der Waals surface area contributed by atoms with E-state index in [1.165, 1.54) is 6.26 Å². The summed E-state index contributed by atoms with van der Waals surface area (Å²) in [5.74, 6) is 0. The quantitative estimate of drug-likeness (QED) is 0.849. The number of aliphatic hydroxyl groups is 2. The van der Waals surface area contributed by atoms with Crippen LogP contribution in [-0.2, 0) is 0 Å². The Morgan fingerprint density at radius 2 is 2.00 bits per heavy atom. The standard InChI is InChI=1S/C12H13BrO3/c13-6-5-10(14)12(15)9-7-16-11-4-2-1-3-8(9)11/h1-4,7,10,12,14-15H,5-6H2. The van der Waals surface area contributed by atoms with Gasteiger partial charge in [-0.3, -0.25) is 0 Å². The summed E-state index contributed by atoms with van der Waals surface area (Å²) in [4.78, 5) is 0. The number of hydrogen-bond acceptors (Lipinski definition) is 3. The Labute approximate surface area is 102 Å². The summed E-state index contributed by atoms with van der Waals surface area (Å²) in [6.07, 6.45) is 0.328. The molecule has 1 heterocycles. The Balaban J connectivity index is 2.32. The van der Waals surface area contributed by atoms with E-state index in [2.05, 4.69) is 15.9 Å². The maximum absolute atomic E-state index is 9.98. The fraction of sp³-hybridized carbons (Fsp3) is 0.333. The van der Waals surface area contributed by atoms with Gasteiger partial charge in [0.15, 0.2) is 0 Å². The molecule has 0 radical (unpaired) electrons. The lowest BCUT2D eigenvalue weighted by Gasteiger charge is -2.15. The second kappa shape index (κ2) is 4.99. The predicted octanol–water partition coefficient (Wildman–Crippen LogP) is 2.61. The topological polar surface area (TPSA) is 53.6 Å². The first-order chi connectivity index (χ1) is 7.74. The number of halogens is 1. The number of hydrogen-bond donors (Lipinski definition) is 2. The van der Waals surface area contributed by atoms with Crippen molar-refractivity contribution in [2.24, 2.45) is 0 Å². The van der Waals surface area contributed by atoms with Crippen LogP contribution in [0.2, 0.25) is 0 Å². The molecule has 0 saturated heterocycles. The summed E-state index contributed by atoms with van der Waals surface area (Å²) in [5.41, 5.74) is 1.37. The van der Waals surface area contributed by atoms with Gasteiger partial charge in [-0.2, -0.15) is 0 Å². The normalized spacial score (nSPS) is 15.2. The van der Waals surface area contributed by atoms with Crippen molar-refractivity contribution in [2.45, 2.75) is 18.6 Å².